The van der Waals surface area contributed by atoms with Crippen molar-refractivity contribution in [1.82, 2.24) is 20.4 Å². The van der Waals surface area contributed by atoms with Crippen LogP contribution in [0.25, 0.3) is 0 Å². The molecule has 1 fully saturated rings. The van der Waals surface area contributed by atoms with E-state index in [1.54, 1.807) is 13.8 Å². The second kappa shape index (κ2) is 13.4. The van der Waals surface area contributed by atoms with Crippen molar-refractivity contribution in [2.75, 3.05) is 26.2 Å². The minimum absolute atomic E-state index is 0.0402. The van der Waals surface area contributed by atoms with Crippen LogP contribution in [0.4, 0.5) is 8.78 Å². The fourth-order valence-corrected chi connectivity index (χ4v) is 4.71. The highest BCUT2D eigenvalue weighted by Gasteiger charge is 2.37. The third-order valence-corrected chi connectivity index (χ3v) is 6.69. The molecule has 0 spiro atoms. The van der Waals surface area contributed by atoms with E-state index in [-0.39, 0.29) is 37.7 Å². The van der Waals surface area contributed by atoms with E-state index in [1.807, 2.05) is 18.2 Å². The summed E-state index contributed by atoms with van der Waals surface area (Å²) in [6, 6.07) is 9.90. The van der Waals surface area contributed by atoms with Crippen LogP contribution >= 0.6 is 0 Å². The largest absolute Gasteiger partial charge is 0.390 e. The molecule has 0 saturated carbocycles. The molecule has 10 heteroatoms. The number of nitrogens with one attached hydrogen (secondary N) is 2. The Bertz CT molecular complexity index is 1130. The zero-order valence-corrected chi connectivity index (χ0v) is 22.0. The number of carbonyl (C=O) groups is 3. The molecule has 0 unspecified atom stereocenters. The first-order valence-corrected chi connectivity index (χ1v) is 12.9. The van der Waals surface area contributed by atoms with Crippen LogP contribution in [-0.2, 0) is 33.8 Å². The highest BCUT2D eigenvalue weighted by atomic mass is 19.1. The fraction of sp³-hybridized carbons (Fsp3) is 0.464. The molecule has 3 rings (SSSR count). The van der Waals surface area contributed by atoms with E-state index in [4.69, 9.17) is 0 Å². The highest BCUT2D eigenvalue weighted by molar-refractivity contribution is 6.35. The number of aryl methyl sites for hydroxylation is 1. The number of amides is 3. The number of piperazine rings is 1. The van der Waals surface area contributed by atoms with Gasteiger partial charge in [-0.2, -0.15) is 0 Å². The quantitative estimate of drug-likeness (QED) is 0.363. The summed E-state index contributed by atoms with van der Waals surface area (Å²) in [5.41, 5.74) is 2.48. The number of hydrogen-bond acceptors (Lipinski definition) is 5. The molecule has 38 heavy (non-hydrogen) atoms. The smallest absolute Gasteiger partial charge is 0.312 e. The second-order valence-corrected chi connectivity index (χ2v) is 9.65. The van der Waals surface area contributed by atoms with E-state index in [0.29, 0.717) is 13.1 Å². The number of rotatable bonds is 12. The van der Waals surface area contributed by atoms with Gasteiger partial charge in [0, 0.05) is 38.3 Å². The lowest BCUT2D eigenvalue weighted by molar-refractivity contribution is -0.159. The monoisotopic (exact) mass is 530 g/mol. The maximum Gasteiger partial charge on any atom is 0.312 e. The molecule has 1 aliphatic heterocycles. The van der Waals surface area contributed by atoms with Gasteiger partial charge in [0.1, 0.15) is 18.2 Å². The number of halogens is 2. The molecule has 1 heterocycles. The molecule has 3 amide bonds. The second-order valence-electron chi connectivity index (χ2n) is 9.65. The summed E-state index contributed by atoms with van der Waals surface area (Å²) in [4.78, 5) is 40.4. The van der Waals surface area contributed by atoms with Gasteiger partial charge in [-0.05, 0) is 55.5 Å². The number of likely N-dealkylation sites (N-methyl/N-ethyl adjacent to an activating group) is 1. The van der Waals surface area contributed by atoms with Gasteiger partial charge in [0.15, 0.2) is 0 Å². The first-order chi connectivity index (χ1) is 18.1. The van der Waals surface area contributed by atoms with Gasteiger partial charge in [-0.1, -0.05) is 31.2 Å². The van der Waals surface area contributed by atoms with Crippen LogP contribution in [-0.4, -0.2) is 77.0 Å². The van der Waals surface area contributed by atoms with Gasteiger partial charge in [-0.25, -0.2) is 8.78 Å². The molecule has 0 bridgehead atoms. The topological polar surface area (TPSA) is 102 Å². The average Bonchev–Trinajstić information content (AvgIpc) is 2.86. The lowest BCUT2D eigenvalue weighted by Crippen LogP contribution is -2.60. The third-order valence-electron chi connectivity index (χ3n) is 6.69. The summed E-state index contributed by atoms with van der Waals surface area (Å²) in [7, 11) is 0. The standard InChI is InChI=1S/C28H36F2N4O4/c1-4-19-7-6-8-20(9-19)14-31-15-25(35)24(12-21-10-22(29)13-23(30)11-21)32-26(36)17-33-16-18(3)34(5-2)28(38)27(33)37/h6-11,13,18,24-25,31,35H,4-5,12,14-17H2,1-3H3,(H,32,36)/t18-,24+,25-/m1/s1. The summed E-state index contributed by atoms with van der Waals surface area (Å²) in [5.74, 6) is -3.54. The van der Waals surface area contributed by atoms with Crippen molar-refractivity contribution in [2.24, 2.45) is 0 Å². The molecule has 8 nitrogen and oxygen atoms in total. The predicted octanol–water partition coefficient (Wildman–Crippen LogP) is 1.78. The van der Waals surface area contributed by atoms with Crippen LogP contribution in [0.3, 0.4) is 0 Å². The van der Waals surface area contributed by atoms with Gasteiger partial charge >= 0.3 is 11.8 Å². The van der Waals surface area contributed by atoms with Gasteiger partial charge in [0.05, 0.1) is 12.1 Å². The molecule has 0 aromatic heterocycles. The van der Waals surface area contributed by atoms with Crippen molar-refractivity contribution < 1.29 is 28.3 Å². The first-order valence-electron chi connectivity index (χ1n) is 12.9. The summed E-state index contributed by atoms with van der Waals surface area (Å²) in [5, 5.41) is 16.8. The Morgan fingerprint density at radius 3 is 2.39 bits per heavy atom. The molecular formula is C28H36F2N4O4. The van der Waals surface area contributed by atoms with Crippen LogP contribution in [0.15, 0.2) is 42.5 Å². The number of carbonyl (C=O) groups excluding carboxylic acids is 3. The Hall–Kier alpha value is -3.37. The van der Waals surface area contributed by atoms with E-state index in [9.17, 15) is 28.3 Å². The molecule has 1 saturated heterocycles. The molecule has 206 valence electrons. The van der Waals surface area contributed by atoms with Crippen LogP contribution in [0.5, 0.6) is 0 Å². The Morgan fingerprint density at radius 2 is 1.74 bits per heavy atom. The van der Waals surface area contributed by atoms with Gasteiger partial charge < -0.3 is 25.5 Å². The van der Waals surface area contributed by atoms with Crippen LogP contribution in [0.1, 0.15) is 37.5 Å². The average molecular weight is 531 g/mol. The maximum atomic E-state index is 13.8. The predicted molar refractivity (Wildman–Crippen MR) is 139 cm³/mol. The molecule has 1 aliphatic rings. The molecular weight excluding hydrogens is 494 g/mol. The van der Waals surface area contributed by atoms with Gasteiger partial charge in [-0.3, -0.25) is 14.4 Å². The first kappa shape index (κ1) is 29.2. The van der Waals surface area contributed by atoms with Crippen molar-refractivity contribution in [3.8, 4) is 0 Å². The Kier molecular flexibility index (Phi) is 10.3. The number of benzene rings is 2. The van der Waals surface area contributed by atoms with E-state index in [2.05, 4.69) is 23.6 Å². The minimum Gasteiger partial charge on any atom is -0.390 e. The lowest BCUT2D eigenvalue weighted by Gasteiger charge is -2.38. The summed E-state index contributed by atoms with van der Waals surface area (Å²) in [6.07, 6.45) is -0.246. The van der Waals surface area contributed by atoms with E-state index >= 15 is 0 Å². The molecule has 3 N–H and O–H groups in total. The van der Waals surface area contributed by atoms with Crippen molar-refractivity contribution in [1.29, 1.82) is 0 Å². The molecule has 0 aliphatic carbocycles. The molecule has 2 aromatic rings. The molecule has 3 atom stereocenters. The number of hydrogen-bond donors (Lipinski definition) is 3. The van der Waals surface area contributed by atoms with Crippen molar-refractivity contribution in [2.45, 2.75) is 58.3 Å². The van der Waals surface area contributed by atoms with Gasteiger partial charge in [0.2, 0.25) is 5.91 Å². The maximum absolute atomic E-state index is 13.8. The Morgan fingerprint density at radius 1 is 1.05 bits per heavy atom. The molecule has 0 radical (unpaired) electrons. The number of aliphatic hydroxyl groups is 1. The number of nitrogens with zero attached hydrogens (tertiary/aromatic N) is 2. The normalized spacial score (nSPS) is 17.5. The SMILES string of the molecule is CCc1cccc(CNC[C@@H](O)[C@H](Cc2cc(F)cc(F)c2)NC(=O)CN2C[C@@H](C)N(CC)C(=O)C2=O)c1. The van der Waals surface area contributed by atoms with Crippen molar-refractivity contribution in [3.63, 3.8) is 0 Å². The zero-order valence-electron chi connectivity index (χ0n) is 22.0. The summed E-state index contributed by atoms with van der Waals surface area (Å²) >= 11 is 0. The van der Waals surface area contributed by atoms with E-state index in [0.717, 1.165) is 30.2 Å². The lowest BCUT2D eigenvalue weighted by atomic mass is 10.0. The molecule has 2 aromatic carbocycles. The van der Waals surface area contributed by atoms with E-state index < -0.39 is 41.5 Å². The van der Waals surface area contributed by atoms with E-state index in [1.165, 1.54) is 15.4 Å². The summed E-state index contributed by atoms with van der Waals surface area (Å²) < 4.78 is 27.6. The van der Waals surface area contributed by atoms with Crippen molar-refractivity contribution in [3.05, 3.63) is 70.8 Å². The van der Waals surface area contributed by atoms with Crippen LogP contribution in [0, 0.1) is 11.6 Å². The van der Waals surface area contributed by atoms with Crippen LogP contribution < -0.4 is 10.6 Å². The van der Waals surface area contributed by atoms with Crippen LogP contribution in [0.2, 0.25) is 0 Å². The number of aliphatic hydroxyl groups excluding tert-OH is 1. The van der Waals surface area contributed by atoms with Gasteiger partial charge in [0.25, 0.3) is 0 Å². The highest BCUT2D eigenvalue weighted by Crippen LogP contribution is 2.14. The Labute approximate surface area is 222 Å². The third kappa shape index (κ3) is 7.82. The Balaban J connectivity index is 1.67. The minimum atomic E-state index is -1.10. The fourth-order valence-electron chi connectivity index (χ4n) is 4.71. The summed E-state index contributed by atoms with van der Waals surface area (Å²) in [6.45, 7) is 6.44. The zero-order chi connectivity index (χ0) is 27.8. The van der Waals surface area contributed by atoms with Crippen molar-refractivity contribution >= 4 is 17.7 Å². The van der Waals surface area contributed by atoms with Gasteiger partial charge in [-0.15, -0.1) is 0 Å².